The molecule has 24 heavy (non-hydrogen) atoms. The highest BCUT2D eigenvalue weighted by Crippen LogP contribution is 2.29. The number of carbonyl (C=O) groups is 2. The lowest BCUT2D eigenvalue weighted by atomic mass is 9.96. The van der Waals surface area contributed by atoms with E-state index in [4.69, 9.17) is 4.74 Å². The van der Waals surface area contributed by atoms with Crippen LogP contribution in [0.25, 0.3) is 0 Å². The average molecular weight is 350 g/mol. The summed E-state index contributed by atoms with van der Waals surface area (Å²) in [5.41, 5.74) is 0.607. The minimum atomic E-state index is -3.63. The number of Topliss-reactive ketones (excluding diaryl/α,β-unsaturated/α-hetero) is 1. The minimum absolute atomic E-state index is 0.192. The van der Waals surface area contributed by atoms with Crippen molar-refractivity contribution in [3.05, 3.63) is 29.8 Å². The van der Waals surface area contributed by atoms with Crippen LogP contribution < -0.4 is 0 Å². The van der Waals surface area contributed by atoms with E-state index in [1.165, 1.54) is 6.92 Å². The quantitative estimate of drug-likeness (QED) is 0.755. The number of likely N-dealkylation sites (tertiary alicyclic amines) is 1. The van der Waals surface area contributed by atoms with Crippen LogP contribution in [0.15, 0.2) is 33.6 Å². The molecule has 1 aromatic carbocycles. The van der Waals surface area contributed by atoms with Gasteiger partial charge >= 0.3 is 5.97 Å². The number of fused-ring (bicyclic) bond motifs is 1. The SMILES string of the molecule is CC(=O)COC(=O)C1CCN(C2=NS(=O)(=O)c3ccccc32)CC1. The van der Waals surface area contributed by atoms with Crippen molar-refractivity contribution >= 4 is 27.6 Å². The Morgan fingerprint density at radius 2 is 1.92 bits per heavy atom. The van der Waals surface area contributed by atoms with E-state index in [1.54, 1.807) is 24.3 Å². The van der Waals surface area contributed by atoms with Crippen LogP contribution in [0.2, 0.25) is 0 Å². The summed E-state index contributed by atoms with van der Waals surface area (Å²) in [4.78, 5) is 24.9. The van der Waals surface area contributed by atoms with Crippen molar-refractivity contribution in [2.75, 3.05) is 19.7 Å². The summed E-state index contributed by atoms with van der Waals surface area (Å²) in [6.07, 6.45) is 1.08. The van der Waals surface area contributed by atoms with E-state index < -0.39 is 10.0 Å². The number of carbonyl (C=O) groups excluding carboxylic acids is 2. The number of sulfonamides is 1. The minimum Gasteiger partial charge on any atom is -0.457 e. The molecule has 1 aromatic rings. The average Bonchev–Trinajstić information content (AvgIpc) is 2.85. The van der Waals surface area contributed by atoms with Crippen LogP contribution in [0.1, 0.15) is 25.3 Å². The first-order valence-corrected chi connectivity index (χ1v) is 9.18. The zero-order valence-corrected chi connectivity index (χ0v) is 14.1. The van der Waals surface area contributed by atoms with E-state index in [-0.39, 0.29) is 29.2 Å². The maximum atomic E-state index is 12.1. The Labute approximate surface area is 140 Å². The number of benzene rings is 1. The van der Waals surface area contributed by atoms with Gasteiger partial charge in [0.05, 0.1) is 5.92 Å². The van der Waals surface area contributed by atoms with Gasteiger partial charge in [0.1, 0.15) is 11.5 Å². The standard InChI is InChI=1S/C16H18N2O5S/c1-11(19)10-23-16(20)12-6-8-18(9-7-12)15-13-4-2-3-5-14(13)24(21,22)17-15/h2-5,12H,6-10H2,1H3. The summed E-state index contributed by atoms with van der Waals surface area (Å²) in [7, 11) is -3.63. The molecule has 0 unspecified atom stereocenters. The van der Waals surface area contributed by atoms with Crippen molar-refractivity contribution in [3.63, 3.8) is 0 Å². The molecule has 7 nitrogen and oxygen atoms in total. The third kappa shape index (κ3) is 3.19. The van der Waals surface area contributed by atoms with Crippen LogP contribution in [0.5, 0.6) is 0 Å². The van der Waals surface area contributed by atoms with Gasteiger partial charge in [-0.15, -0.1) is 4.40 Å². The fraction of sp³-hybridized carbons (Fsp3) is 0.438. The van der Waals surface area contributed by atoms with Crippen molar-refractivity contribution in [1.29, 1.82) is 0 Å². The molecule has 1 fully saturated rings. The normalized spacial score (nSPS) is 19.5. The monoisotopic (exact) mass is 350 g/mol. The first kappa shape index (κ1) is 16.6. The highest BCUT2D eigenvalue weighted by Gasteiger charge is 2.34. The second-order valence-electron chi connectivity index (χ2n) is 5.96. The van der Waals surface area contributed by atoms with E-state index >= 15 is 0 Å². The summed E-state index contributed by atoms with van der Waals surface area (Å²) in [6.45, 7) is 2.20. The number of hydrogen-bond donors (Lipinski definition) is 0. The molecule has 3 rings (SSSR count). The summed E-state index contributed by atoms with van der Waals surface area (Å²) in [6, 6.07) is 6.74. The smallest absolute Gasteiger partial charge is 0.309 e. The number of ketones is 1. The Morgan fingerprint density at radius 3 is 2.58 bits per heavy atom. The maximum absolute atomic E-state index is 12.1. The lowest BCUT2D eigenvalue weighted by Gasteiger charge is -2.32. The summed E-state index contributed by atoms with van der Waals surface area (Å²) < 4.78 is 33.1. The molecule has 0 N–H and O–H groups in total. The molecule has 0 amide bonds. The Balaban J connectivity index is 1.68. The van der Waals surface area contributed by atoms with E-state index in [9.17, 15) is 18.0 Å². The molecule has 0 bridgehead atoms. The summed E-state index contributed by atoms with van der Waals surface area (Å²) in [5, 5.41) is 0. The predicted octanol–water partition coefficient (Wildman–Crippen LogP) is 0.980. The number of nitrogens with zero attached hydrogens (tertiary/aromatic N) is 2. The van der Waals surface area contributed by atoms with Crippen LogP contribution >= 0.6 is 0 Å². The van der Waals surface area contributed by atoms with Gasteiger partial charge in [0.2, 0.25) is 0 Å². The van der Waals surface area contributed by atoms with Crippen LogP contribution in [-0.2, 0) is 24.3 Å². The molecule has 0 radical (unpaired) electrons. The van der Waals surface area contributed by atoms with E-state index in [0.29, 0.717) is 37.3 Å². The Morgan fingerprint density at radius 1 is 1.25 bits per heavy atom. The third-order valence-corrected chi connectivity index (χ3v) is 5.48. The van der Waals surface area contributed by atoms with Gasteiger partial charge in [-0.1, -0.05) is 12.1 Å². The third-order valence-electron chi connectivity index (χ3n) is 4.16. The zero-order chi connectivity index (χ0) is 17.3. The molecule has 1 saturated heterocycles. The fourth-order valence-corrected chi connectivity index (χ4v) is 4.16. The van der Waals surface area contributed by atoms with E-state index in [1.807, 2.05) is 4.90 Å². The van der Waals surface area contributed by atoms with Gasteiger partial charge in [0.15, 0.2) is 11.6 Å². The van der Waals surface area contributed by atoms with E-state index in [2.05, 4.69) is 4.40 Å². The van der Waals surface area contributed by atoms with Gasteiger partial charge in [-0.3, -0.25) is 9.59 Å². The van der Waals surface area contributed by atoms with Gasteiger partial charge in [0.25, 0.3) is 10.0 Å². The molecule has 0 atom stereocenters. The maximum Gasteiger partial charge on any atom is 0.309 e. The molecule has 2 aliphatic heterocycles. The predicted molar refractivity (Wildman–Crippen MR) is 86.1 cm³/mol. The molecular formula is C16H18N2O5S. The van der Waals surface area contributed by atoms with Gasteiger partial charge < -0.3 is 9.64 Å². The number of amidine groups is 1. The number of hydrogen-bond acceptors (Lipinski definition) is 6. The molecule has 8 heteroatoms. The highest BCUT2D eigenvalue weighted by atomic mass is 32.2. The number of esters is 1. The lowest BCUT2D eigenvalue weighted by molar-refractivity contribution is -0.152. The topological polar surface area (TPSA) is 93.1 Å². The number of piperidine rings is 1. The number of rotatable bonds is 3. The largest absolute Gasteiger partial charge is 0.457 e. The molecule has 0 saturated carbocycles. The highest BCUT2D eigenvalue weighted by molar-refractivity contribution is 7.90. The second-order valence-corrected chi connectivity index (χ2v) is 7.53. The molecule has 0 aromatic heterocycles. The van der Waals surface area contributed by atoms with Crippen molar-refractivity contribution in [3.8, 4) is 0 Å². The Hall–Kier alpha value is -2.22. The van der Waals surface area contributed by atoms with Crippen LogP contribution in [-0.4, -0.2) is 50.6 Å². The van der Waals surface area contributed by atoms with Gasteiger partial charge in [-0.25, -0.2) is 0 Å². The molecule has 2 aliphatic rings. The van der Waals surface area contributed by atoms with Crippen molar-refractivity contribution in [1.82, 2.24) is 4.90 Å². The summed E-state index contributed by atoms with van der Waals surface area (Å²) >= 11 is 0. The van der Waals surface area contributed by atoms with Crippen molar-refractivity contribution < 1.29 is 22.7 Å². The fourth-order valence-electron chi connectivity index (χ4n) is 2.93. The van der Waals surface area contributed by atoms with Crippen LogP contribution in [0.3, 0.4) is 0 Å². The molecule has 0 spiro atoms. The molecule has 2 heterocycles. The van der Waals surface area contributed by atoms with E-state index in [0.717, 1.165) is 0 Å². The first-order chi connectivity index (χ1) is 11.4. The summed E-state index contributed by atoms with van der Waals surface area (Å²) in [5.74, 6) is -0.384. The zero-order valence-electron chi connectivity index (χ0n) is 13.3. The van der Waals surface area contributed by atoms with Crippen LogP contribution in [0.4, 0.5) is 0 Å². The second kappa shape index (κ2) is 6.35. The van der Waals surface area contributed by atoms with Gasteiger partial charge in [0, 0.05) is 18.7 Å². The molecule has 128 valence electrons. The molecular weight excluding hydrogens is 332 g/mol. The van der Waals surface area contributed by atoms with Gasteiger partial charge in [-0.2, -0.15) is 8.42 Å². The number of ether oxygens (including phenoxy) is 1. The van der Waals surface area contributed by atoms with Gasteiger partial charge in [-0.05, 0) is 31.9 Å². The first-order valence-electron chi connectivity index (χ1n) is 7.74. The van der Waals surface area contributed by atoms with Crippen LogP contribution in [0, 0.1) is 5.92 Å². The van der Waals surface area contributed by atoms with Crippen molar-refractivity contribution in [2.45, 2.75) is 24.7 Å². The van der Waals surface area contributed by atoms with Crippen molar-refractivity contribution in [2.24, 2.45) is 10.3 Å². The molecule has 0 aliphatic carbocycles. The Kier molecular flexibility index (Phi) is 4.40. The Bertz CT molecular complexity index is 808. The lowest BCUT2D eigenvalue weighted by Crippen LogP contribution is -2.40.